The van der Waals surface area contributed by atoms with Gasteiger partial charge in [-0.05, 0) is 68.4 Å². The normalized spacial score (nSPS) is 16.5. The van der Waals surface area contributed by atoms with Crippen molar-refractivity contribution in [3.05, 3.63) is 83.6 Å². The lowest BCUT2D eigenvalue weighted by atomic mass is 9.79. The van der Waals surface area contributed by atoms with Gasteiger partial charge in [-0.1, -0.05) is 43.9 Å². The van der Waals surface area contributed by atoms with E-state index in [1.807, 2.05) is 43.7 Å². The highest BCUT2D eigenvalue weighted by Gasteiger charge is 2.27. The van der Waals surface area contributed by atoms with Gasteiger partial charge in [0.2, 0.25) is 0 Å². The fourth-order valence-corrected chi connectivity index (χ4v) is 4.02. The maximum Gasteiger partial charge on any atom is 0.132 e. The lowest BCUT2D eigenvalue weighted by molar-refractivity contribution is 0.337. The summed E-state index contributed by atoms with van der Waals surface area (Å²) in [5.74, 6) is 0.322. The smallest absolute Gasteiger partial charge is 0.132 e. The average molecular weight is 393 g/mol. The Bertz CT molecular complexity index is 1000. The Hall–Kier alpha value is -2.88. The van der Waals surface area contributed by atoms with Crippen LogP contribution in [0, 0.1) is 18.7 Å². The summed E-state index contributed by atoms with van der Waals surface area (Å²) in [4.78, 5) is 0. The Morgan fingerprint density at radius 1 is 1.38 bits per heavy atom. The van der Waals surface area contributed by atoms with Crippen molar-refractivity contribution in [3.63, 3.8) is 0 Å². The second-order valence-electron chi connectivity index (χ2n) is 7.81. The zero-order valence-electron chi connectivity index (χ0n) is 17.5. The van der Waals surface area contributed by atoms with Gasteiger partial charge < -0.3 is 5.11 Å². The quantitative estimate of drug-likeness (QED) is 0.428. The molecule has 0 radical (unpaired) electrons. The maximum atomic E-state index is 14.9. The molecule has 29 heavy (non-hydrogen) atoms. The Morgan fingerprint density at radius 2 is 2.10 bits per heavy atom. The highest BCUT2D eigenvalue weighted by Crippen LogP contribution is 2.37. The highest BCUT2D eigenvalue weighted by molar-refractivity contribution is 5.80. The molecule has 1 heterocycles. The van der Waals surface area contributed by atoms with Crippen LogP contribution in [0.15, 0.2) is 60.9 Å². The molecule has 0 unspecified atom stereocenters. The summed E-state index contributed by atoms with van der Waals surface area (Å²) in [5, 5.41) is 14.1. The molecular weight excluding hydrogens is 363 g/mol. The number of aliphatic hydroxyl groups excluding tert-OH is 1. The summed E-state index contributed by atoms with van der Waals surface area (Å²) in [6, 6.07) is 5.40. The Kier molecular flexibility index (Phi) is 6.21. The van der Waals surface area contributed by atoms with Crippen molar-refractivity contribution < 1.29 is 9.50 Å². The number of hydrogen-bond donors (Lipinski definition) is 1. The van der Waals surface area contributed by atoms with E-state index in [9.17, 15) is 9.50 Å². The highest BCUT2D eigenvalue weighted by atomic mass is 19.1. The molecule has 0 spiro atoms. The average Bonchev–Trinajstić information content (AvgIpc) is 2.95. The molecule has 1 aromatic carbocycles. The molecule has 1 fully saturated rings. The van der Waals surface area contributed by atoms with Crippen molar-refractivity contribution in [3.8, 4) is 11.3 Å². The van der Waals surface area contributed by atoms with E-state index in [0.717, 1.165) is 48.2 Å². The van der Waals surface area contributed by atoms with Gasteiger partial charge in [0, 0.05) is 23.4 Å². The zero-order chi connectivity index (χ0) is 21.1. The molecule has 0 atom stereocenters. The second kappa shape index (κ2) is 8.64. The number of aliphatic hydroxyl groups is 1. The first-order chi connectivity index (χ1) is 13.8. The minimum absolute atomic E-state index is 0.106. The van der Waals surface area contributed by atoms with Gasteiger partial charge in [0.05, 0.1) is 0 Å². The first-order valence-corrected chi connectivity index (χ1v) is 10.1. The monoisotopic (exact) mass is 392 g/mol. The van der Waals surface area contributed by atoms with E-state index < -0.39 is 0 Å². The third-order valence-corrected chi connectivity index (χ3v) is 5.57. The number of nitrogens with zero attached hydrogens (tertiary/aromatic N) is 2. The number of aromatic nitrogens is 2. The van der Waals surface area contributed by atoms with Crippen LogP contribution >= 0.6 is 0 Å². The predicted octanol–water partition coefficient (Wildman–Crippen LogP) is 6.56. The van der Waals surface area contributed by atoms with Crippen molar-refractivity contribution in [2.45, 2.75) is 46.6 Å². The Morgan fingerprint density at radius 3 is 2.69 bits per heavy atom. The van der Waals surface area contributed by atoms with E-state index >= 15 is 0 Å². The molecule has 4 heteroatoms. The number of benzene rings is 1. The molecule has 0 bridgehead atoms. The molecule has 2 aromatic rings. The fourth-order valence-electron chi connectivity index (χ4n) is 4.02. The van der Waals surface area contributed by atoms with Crippen LogP contribution in [-0.2, 0) is 13.0 Å². The first-order valence-electron chi connectivity index (χ1n) is 10.1. The van der Waals surface area contributed by atoms with E-state index in [1.165, 1.54) is 5.57 Å². The second-order valence-corrected chi connectivity index (χ2v) is 7.81. The Labute approximate surface area is 172 Å². The predicted molar refractivity (Wildman–Crippen MR) is 118 cm³/mol. The molecule has 1 saturated carbocycles. The van der Waals surface area contributed by atoms with Crippen molar-refractivity contribution in [2.24, 2.45) is 5.92 Å². The molecule has 1 aliphatic rings. The van der Waals surface area contributed by atoms with Gasteiger partial charge in [-0.15, -0.1) is 0 Å². The van der Waals surface area contributed by atoms with Crippen molar-refractivity contribution >= 4 is 5.57 Å². The van der Waals surface area contributed by atoms with E-state index in [4.69, 9.17) is 5.10 Å². The molecule has 1 aromatic heterocycles. The fraction of sp³-hybridized carbons (Fsp3) is 0.320. The minimum atomic E-state index is -0.239. The molecule has 1 aliphatic carbocycles. The molecule has 3 rings (SSSR count). The van der Waals surface area contributed by atoms with Gasteiger partial charge in [-0.25, -0.2) is 4.39 Å². The number of halogens is 1. The van der Waals surface area contributed by atoms with E-state index in [-0.39, 0.29) is 11.6 Å². The number of aryl methyl sites for hydroxylation is 1. The third kappa shape index (κ3) is 4.42. The molecule has 0 aliphatic heterocycles. The third-order valence-electron chi connectivity index (χ3n) is 5.57. The molecular formula is C25H29FN2O. The minimum Gasteiger partial charge on any atom is -0.509 e. The summed E-state index contributed by atoms with van der Waals surface area (Å²) in [6.07, 6.45) is 8.06. The molecule has 0 saturated heterocycles. The van der Waals surface area contributed by atoms with Crippen LogP contribution in [0.2, 0.25) is 0 Å². The molecule has 3 nitrogen and oxygen atoms in total. The Balaban J connectivity index is 1.98. The summed E-state index contributed by atoms with van der Waals surface area (Å²) in [5.41, 5.74) is 6.39. The van der Waals surface area contributed by atoms with Gasteiger partial charge >= 0.3 is 0 Å². The standard InChI is InChI=1S/C25H29FN2O/c1-6-8-16(3)24-18(5)28(15-21-12-20(13-21)11-17(4)29)27-25(24)22-10-9-19(7-2)14-23(22)26/h6,8-11,14,21,29H,1,4,7,12-13,15H2,2-3,5H3/b16-8-,20-11?. The van der Waals surface area contributed by atoms with Gasteiger partial charge in [0.1, 0.15) is 17.3 Å². The summed E-state index contributed by atoms with van der Waals surface area (Å²) < 4.78 is 16.9. The van der Waals surface area contributed by atoms with Crippen LogP contribution in [0.1, 0.15) is 43.5 Å². The van der Waals surface area contributed by atoms with Crippen LogP contribution < -0.4 is 0 Å². The molecule has 1 N–H and O–H groups in total. The van der Waals surface area contributed by atoms with Gasteiger partial charge in [-0.3, -0.25) is 4.68 Å². The van der Waals surface area contributed by atoms with E-state index in [0.29, 0.717) is 17.2 Å². The van der Waals surface area contributed by atoms with Gasteiger partial charge in [-0.2, -0.15) is 5.10 Å². The van der Waals surface area contributed by atoms with Crippen LogP contribution in [-0.4, -0.2) is 14.9 Å². The maximum absolute atomic E-state index is 14.9. The SMILES string of the molecule is C=C/C=C(/C)c1c(-c2ccc(CC)cc2F)nn(CC2CC(=CC(=C)O)C2)c1C. The van der Waals surface area contributed by atoms with Crippen molar-refractivity contribution in [1.29, 1.82) is 0 Å². The van der Waals surface area contributed by atoms with Gasteiger partial charge in [0.25, 0.3) is 0 Å². The largest absolute Gasteiger partial charge is 0.509 e. The molecule has 0 amide bonds. The van der Waals surface area contributed by atoms with Gasteiger partial charge in [0.15, 0.2) is 0 Å². The van der Waals surface area contributed by atoms with E-state index in [2.05, 4.69) is 13.2 Å². The lowest BCUT2D eigenvalue weighted by Gasteiger charge is -2.29. The number of rotatable bonds is 7. The number of hydrogen-bond acceptors (Lipinski definition) is 2. The first kappa shape index (κ1) is 20.8. The molecule has 152 valence electrons. The summed E-state index contributed by atoms with van der Waals surface area (Å²) in [6.45, 7) is 14.1. The summed E-state index contributed by atoms with van der Waals surface area (Å²) in [7, 11) is 0. The zero-order valence-corrected chi connectivity index (χ0v) is 17.5. The van der Waals surface area contributed by atoms with Crippen LogP contribution in [0.3, 0.4) is 0 Å². The topological polar surface area (TPSA) is 38.0 Å². The van der Waals surface area contributed by atoms with E-state index in [1.54, 1.807) is 18.2 Å². The lowest BCUT2D eigenvalue weighted by Crippen LogP contribution is -2.22. The summed E-state index contributed by atoms with van der Waals surface area (Å²) >= 11 is 0. The van der Waals surface area contributed by atoms with Crippen LogP contribution in [0.4, 0.5) is 4.39 Å². The van der Waals surface area contributed by atoms with Crippen molar-refractivity contribution in [2.75, 3.05) is 0 Å². The van der Waals surface area contributed by atoms with Crippen LogP contribution in [0.25, 0.3) is 16.8 Å². The van der Waals surface area contributed by atoms with Crippen LogP contribution in [0.5, 0.6) is 0 Å². The number of allylic oxidation sites excluding steroid dienone is 5. The van der Waals surface area contributed by atoms with Crippen molar-refractivity contribution in [1.82, 2.24) is 9.78 Å².